The maximum Gasteiger partial charge on any atom is 0.303 e. The Labute approximate surface area is 137 Å². The van der Waals surface area contributed by atoms with E-state index in [1.54, 1.807) is 0 Å². The summed E-state index contributed by atoms with van der Waals surface area (Å²) in [6.07, 6.45) is -0.268. The Morgan fingerprint density at radius 3 is 2.68 bits per heavy atom. The maximum atomic E-state index is 11.6. The molecule has 22 heavy (non-hydrogen) atoms. The van der Waals surface area contributed by atoms with Gasteiger partial charge in [0.05, 0.1) is 12.1 Å². The molecular formula is C15H15ClN2O3S. The molecule has 0 radical (unpaired) electrons. The molecule has 1 aromatic carbocycles. The van der Waals surface area contributed by atoms with E-state index in [1.807, 2.05) is 32.0 Å². The quantitative estimate of drug-likeness (QED) is 0.867. The van der Waals surface area contributed by atoms with Crippen LogP contribution >= 0.6 is 22.9 Å². The number of carbonyl (C=O) groups is 2. The standard InChI is InChI=1S/C15H15ClN2O3S/c1-8-3-4-10(7-11(8)16)14-9(2)22-15(18-14)17-12(19)5-6-13(20)21/h3-4,7H,5-6H2,1-2H3,(H,20,21)(H,17,18,19). The van der Waals surface area contributed by atoms with Crippen molar-refractivity contribution in [3.8, 4) is 11.3 Å². The third kappa shape index (κ3) is 4.05. The summed E-state index contributed by atoms with van der Waals surface area (Å²) < 4.78 is 0. The number of thiazole rings is 1. The van der Waals surface area contributed by atoms with Gasteiger partial charge in [-0.25, -0.2) is 4.98 Å². The van der Waals surface area contributed by atoms with Crippen molar-refractivity contribution in [1.29, 1.82) is 0 Å². The van der Waals surface area contributed by atoms with Crippen LogP contribution in [0, 0.1) is 13.8 Å². The minimum atomic E-state index is -1.000. The molecule has 0 fully saturated rings. The molecule has 0 saturated carbocycles. The molecule has 0 bridgehead atoms. The number of rotatable bonds is 5. The molecule has 1 heterocycles. The molecule has 0 aliphatic carbocycles. The van der Waals surface area contributed by atoms with Gasteiger partial charge in [-0.15, -0.1) is 11.3 Å². The van der Waals surface area contributed by atoms with E-state index in [-0.39, 0.29) is 18.7 Å². The highest BCUT2D eigenvalue weighted by molar-refractivity contribution is 7.16. The number of aliphatic carboxylic acids is 1. The normalized spacial score (nSPS) is 10.5. The van der Waals surface area contributed by atoms with Crippen molar-refractivity contribution in [2.24, 2.45) is 0 Å². The predicted octanol–water partition coefficient (Wildman–Crippen LogP) is 3.88. The zero-order valence-corrected chi connectivity index (χ0v) is 13.7. The van der Waals surface area contributed by atoms with Gasteiger partial charge in [0.15, 0.2) is 5.13 Å². The van der Waals surface area contributed by atoms with Gasteiger partial charge in [0, 0.05) is 21.9 Å². The van der Waals surface area contributed by atoms with Gasteiger partial charge in [-0.05, 0) is 25.5 Å². The first kappa shape index (κ1) is 16.5. The van der Waals surface area contributed by atoms with E-state index in [2.05, 4.69) is 10.3 Å². The number of benzene rings is 1. The Kier molecular flexibility index (Phi) is 5.15. The van der Waals surface area contributed by atoms with Crippen LogP contribution in [0.1, 0.15) is 23.3 Å². The molecule has 116 valence electrons. The fourth-order valence-electron chi connectivity index (χ4n) is 1.86. The van der Waals surface area contributed by atoms with Crippen LogP contribution in [0.3, 0.4) is 0 Å². The highest BCUT2D eigenvalue weighted by atomic mass is 35.5. The van der Waals surface area contributed by atoms with Gasteiger partial charge >= 0.3 is 5.97 Å². The monoisotopic (exact) mass is 338 g/mol. The summed E-state index contributed by atoms with van der Waals surface area (Å²) in [6.45, 7) is 3.84. The van der Waals surface area contributed by atoms with Gasteiger partial charge in [0.25, 0.3) is 0 Å². The second kappa shape index (κ2) is 6.89. The highest BCUT2D eigenvalue weighted by Gasteiger charge is 2.13. The van der Waals surface area contributed by atoms with Crippen LogP contribution in [0.25, 0.3) is 11.3 Å². The van der Waals surface area contributed by atoms with Crippen LogP contribution in [0.15, 0.2) is 18.2 Å². The fourth-order valence-corrected chi connectivity index (χ4v) is 2.89. The third-order valence-electron chi connectivity index (χ3n) is 3.05. The smallest absolute Gasteiger partial charge is 0.303 e. The topological polar surface area (TPSA) is 79.3 Å². The molecule has 0 atom stereocenters. The molecule has 5 nitrogen and oxygen atoms in total. The van der Waals surface area contributed by atoms with Crippen molar-refractivity contribution in [2.45, 2.75) is 26.7 Å². The summed E-state index contributed by atoms with van der Waals surface area (Å²) in [5.74, 6) is -1.36. The lowest BCUT2D eigenvalue weighted by molar-refractivity contribution is -0.138. The average Bonchev–Trinajstić information content (AvgIpc) is 2.80. The molecule has 2 rings (SSSR count). The Balaban J connectivity index is 2.15. The van der Waals surface area contributed by atoms with Crippen molar-refractivity contribution in [3.05, 3.63) is 33.7 Å². The number of hydrogen-bond donors (Lipinski definition) is 2. The van der Waals surface area contributed by atoms with Gasteiger partial charge in [-0.1, -0.05) is 23.7 Å². The van der Waals surface area contributed by atoms with Crippen LogP contribution < -0.4 is 5.32 Å². The van der Waals surface area contributed by atoms with E-state index in [1.165, 1.54) is 11.3 Å². The SMILES string of the molecule is Cc1ccc(-c2nc(NC(=O)CCC(=O)O)sc2C)cc1Cl. The van der Waals surface area contributed by atoms with Crippen LogP contribution in [-0.2, 0) is 9.59 Å². The molecule has 0 aliphatic rings. The number of carboxylic acids is 1. The Morgan fingerprint density at radius 2 is 2.05 bits per heavy atom. The number of halogens is 1. The van der Waals surface area contributed by atoms with E-state index in [0.29, 0.717) is 10.2 Å². The van der Waals surface area contributed by atoms with E-state index in [0.717, 1.165) is 21.7 Å². The number of hydrogen-bond acceptors (Lipinski definition) is 4. The molecule has 2 aromatic rings. The Bertz CT molecular complexity index is 728. The predicted molar refractivity (Wildman–Crippen MR) is 87.5 cm³/mol. The minimum Gasteiger partial charge on any atom is -0.481 e. The number of aromatic nitrogens is 1. The van der Waals surface area contributed by atoms with Gasteiger partial charge in [0.1, 0.15) is 0 Å². The summed E-state index contributed by atoms with van der Waals surface area (Å²) in [4.78, 5) is 27.4. The zero-order valence-electron chi connectivity index (χ0n) is 12.1. The Morgan fingerprint density at radius 1 is 1.32 bits per heavy atom. The number of amides is 1. The van der Waals surface area contributed by atoms with Crippen LogP contribution in [0.5, 0.6) is 0 Å². The summed E-state index contributed by atoms with van der Waals surface area (Å²) >= 11 is 7.48. The first-order valence-electron chi connectivity index (χ1n) is 6.62. The lowest BCUT2D eigenvalue weighted by atomic mass is 10.1. The maximum absolute atomic E-state index is 11.6. The highest BCUT2D eigenvalue weighted by Crippen LogP contribution is 2.32. The molecular weight excluding hydrogens is 324 g/mol. The van der Waals surface area contributed by atoms with Crippen LogP contribution in [0.4, 0.5) is 5.13 Å². The molecule has 0 spiro atoms. The number of carboxylic acid groups (broad SMARTS) is 1. The second-order valence-corrected chi connectivity index (χ2v) is 6.44. The van der Waals surface area contributed by atoms with Gasteiger partial charge in [-0.3, -0.25) is 9.59 Å². The minimum absolute atomic E-state index is 0.0698. The number of carbonyl (C=O) groups excluding carboxylic acids is 1. The van der Waals surface area contributed by atoms with Crippen molar-refractivity contribution in [2.75, 3.05) is 5.32 Å². The van der Waals surface area contributed by atoms with Crippen molar-refractivity contribution in [3.63, 3.8) is 0 Å². The van der Waals surface area contributed by atoms with E-state index >= 15 is 0 Å². The molecule has 2 N–H and O–H groups in total. The number of aryl methyl sites for hydroxylation is 2. The second-order valence-electron chi connectivity index (χ2n) is 4.83. The van der Waals surface area contributed by atoms with Gasteiger partial charge in [-0.2, -0.15) is 0 Å². The molecule has 1 aromatic heterocycles. The summed E-state index contributed by atoms with van der Waals surface area (Å²) in [5.41, 5.74) is 2.64. The average molecular weight is 339 g/mol. The Hall–Kier alpha value is -1.92. The first-order valence-corrected chi connectivity index (χ1v) is 7.82. The van der Waals surface area contributed by atoms with Gasteiger partial charge in [0.2, 0.25) is 5.91 Å². The number of anilines is 1. The molecule has 0 aliphatic heterocycles. The lowest BCUT2D eigenvalue weighted by Gasteiger charge is -2.02. The van der Waals surface area contributed by atoms with Crippen molar-refractivity contribution < 1.29 is 14.7 Å². The summed E-state index contributed by atoms with van der Waals surface area (Å²) in [7, 11) is 0. The summed E-state index contributed by atoms with van der Waals surface area (Å²) in [5, 5.41) is 12.3. The molecule has 1 amide bonds. The molecule has 0 saturated heterocycles. The van der Waals surface area contributed by atoms with Crippen molar-refractivity contribution in [1.82, 2.24) is 4.98 Å². The number of nitrogens with zero attached hydrogens (tertiary/aromatic N) is 1. The third-order valence-corrected chi connectivity index (χ3v) is 4.35. The van der Waals surface area contributed by atoms with Crippen LogP contribution in [0.2, 0.25) is 5.02 Å². The van der Waals surface area contributed by atoms with E-state index < -0.39 is 5.97 Å². The molecule has 0 unspecified atom stereocenters. The largest absolute Gasteiger partial charge is 0.481 e. The van der Waals surface area contributed by atoms with E-state index in [4.69, 9.17) is 16.7 Å². The summed E-state index contributed by atoms with van der Waals surface area (Å²) in [6, 6.07) is 5.69. The van der Waals surface area contributed by atoms with Crippen LogP contribution in [-0.4, -0.2) is 22.0 Å². The fraction of sp³-hybridized carbons (Fsp3) is 0.267. The van der Waals surface area contributed by atoms with Crippen molar-refractivity contribution >= 4 is 39.9 Å². The zero-order chi connectivity index (χ0) is 16.3. The van der Waals surface area contributed by atoms with Gasteiger partial charge < -0.3 is 10.4 Å². The molecule has 7 heteroatoms. The lowest BCUT2D eigenvalue weighted by Crippen LogP contribution is -2.12. The van der Waals surface area contributed by atoms with E-state index in [9.17, 15) is 9.59 Å². The first-order chi connectivity index (χ1) is 10.4. The number of nitrogens with one attached hydrogen (secondary N) is 1.